The van der Waals surface area contributed by atoms with Gasteiger partial charge in [0.05, 0.1) is 10.2 Å². The summed E-state index contributed by atoms with van der Waals surface area (Å²) >= 11 is 1.36. The number of aromatic nitrogens is 1. The number of para-hydroxylation sites is 1. The van der Waals surface area contributed by atoms with Crippen molar-refractivity contribution < 1.29 is 22.7 Å². The van der Waals surface area contributed by atoms with Gasteiger partial charge in [-0.1, -0.05) is 53.3 Å². The van der Waals surface area contributed by atoms with E-state index in [9.17, 15) is 18.0 Å². The molecule has 0 aliphatic rings. The maximum Gasteiger partial charge on any atom is 0.321 e. The summed E-state index contributed by atoms with van der Waals surface area (Å²) in [7, 11) is -3.84. The predicted molar refractivity (Wildman–Crippen MR) is 126 cm³/mol. The van der Waals surface area contributed by atoms with E-state index in [1.54, 1.807) is 19.1 Å². The average molecular weight is 474 g/mol. The number of benzene rings is 2. The van der Waals surface area contributed by atoms with Crippen LogP contribution < -0.4 is 9.62 Å². The number of amides is 1. The first-order chi connectivity index (χ1) is 15.3. The van der Waals surface area contributed by atoms with E-state index in [1.165, 1.54) is 22.3 Å². The maximum atomic E-state index is 12.5. The Labute approximate surface area is 190 Å². The lowest BCUT2D eigenvalue weighted by atomic mass is 10.2. The highest BCUT2D eigenvalue weighted by Gasteiger charge is 2.20. The number of fused-ring (bicyclic) bond motifs is 1. The van der Waals surface area contributed by atoms with Crippen molar-refractivity contribution in [2.75, 3.05) is 24.6 Å². The Balaban J connectivity index is 1.50. The van der Waals surface area contributed by atoms with Gasteiger partial charge in [0.1, 0.15) is 6.54 Å². The molecule has 3 rings (SSSR count). The molecule has 0 saturated carbocycles. The third kappa shape index (κ3) is 6.46. The van der Waals surface area contributed by atoms with Gasteiger partial charge in [0.15, 0.2) is 11.7 Å². The normalized spacial score (nSPS) is 11.7. The zero-order valence-corrected chi connectivity index (χ0v) is 19.3. The lowest BCUT2D eigenvalue weighted by molar-refractivity contribution is -0.146. The quantitative estimate of drug-likeness (QED) is 0.479. The Kier molecular flexibility index (Phi) is 7.73. The number of carbonyl (C=O) groups is 2. The van der Waals surface area contributed by atoms with Crippen LogP contribution >= 0.6 is 11.3 Å². The number of sulfonamides is 1. The number of carbonyl (C=O) groups excluding carboxylic acids is 2. The van der Waals surface area contributed by atoms with Gasteiger partial charge in [0.25, 0.3) is 5.91 Å². The van der Waals surface area contributed by atoms with E-state index >= 15 is 0 Å². The number of rotatable bonds is 9. The second kappa shape index (κ2) is 10.5. The smallest absolute Gasteiger partial charge is 0.321 e. The van der Waals surface area contributed by atoms with Gasteiger partial charge in [0.2, 0.25) is 10.0 Å². The summed E-state index contributed by atoms with van der Waals surface area (Å²) in [4.78, 5) is 30.3. The van der Waals surface area contributed by atoms with Crippen molar-refractivity contribution >= 4 is 54.7 Å². The third-order valence-corrected chi connectivity index (χ3v) is 6.52. The predicted octanol–water partition coefficient (Wildman–Crippen LogP) is 3.09. The lowest BCUT2D eigenvalue weighted by Gasteiger charge is -2.17. The van der Waals surface area contributed by atoms with Crippen molar-refractivity contribution in [2.45, 2.75) is 13.8 Å². The van der Waals surface area contributed by atoms with E-state index in [-0.39, 0.29) is 0 Å². The van der Waals surface area contributed by atoms with Crippen LogP contribution in [0.4, 0.5) is 5.13 Å². The van der Waals surface area contributed by atoms with Crippen LogP contribution in [0.5, 0.6) is 0 Å². The molecule has 0 aliphatic heterocycles. The third-order valence-electron chi connectivity index (χ3n) is 4.42. The van der Waals surface area contributed by atoms with Crippen LogP contribution in [-0.4, -0.2) is 45.0 Å². The molecule has 0 bridgehead atoms. The molecule has 10 heteroatoms. The molecule has 3 aromatic rings. The number of likely N-dealkylation sites (N-methyl/N-ethyl adjacent to an activating group) is 1. The first-order valence-corrected chi connectivity index (χ1v) is 12.2. The van der Waals surface area contributed by atoms with E-state index in [4.69, 9.17) is 4.74 Å². The summed E-state index contributed by atoms with van der Waals surface area (Å²) in [5.41, 5.74) is 2.55. The van der Waals surface area contributed by atoms with E-state index in [2.05, 4.69) is 9.71 Å². The maximum absolute atomic E-state index is 12.5. The molecular weight excluding hydrogens is 450 g/mol. The van der Waals surface area contributed by atoms with Gasteiger partial charge < -0.3 is 4.74 Å². The molecule has 1 aromatic heterocycles. The van der Waals surface area contributed by atoms with Crippen LogP contribution in [0.2, 0.25) is 0 Å². The fourth-order valence-corrected chi connectivity index (χ4v) is 4.52. The molecular formula is C22H23N3O5S2. The SMILES string of the molecule is CCN(C(=O)COC(=O)CNS(=O)(=O)/C=C/c1ccc(C)cc1)c1nc2ccccc2s1. The van der Waals surface area contributed by atoms with Crippen molar-refractivity contribution in [1.29, 1.82) is 0 Å². The minimum absolute atomic E-state index is 0.354. The van der Waals surface area contributed by atoms with Crippen LogP contribution in [0.25, 0.3) is 16.3 Å². The Morgan fingerprint density at radius 2 is 1.88 bits per heavy atom. The van der Waals surface area contributed by atoms with Crippen LogP contribution in [0, 0.1) is 6.92 Å². The Hall–Kier alpha value is -3.08. The van der Waals surface area contributed by atoms with Crippen molar-refractivity contribution in [3.8, 4) is 0 Å². The second-order valence-electron chi connectivity index (χ2n) is 6.84. The molecule has 1 N–H and O–H groups in total. The lowest BCUT2D eigenvalue weighted by Crippen LogP contribution is -2.36. The van der Waals surface area contributed by atoms with Gasteiger partial charge in [-0.3, -0.25) is 14.5 Å². The molecule has 0 atom stereocenters. The summed E-state index contributed by atoms with van der Waals surface area (Å²) < 4.78 is 32.1. The van der Waals surface area contributed by atoms with E-state index in [0.29, 0.717) is 17.2 Å². The molecule has 8 nitrogen and oxygen atoms in total. The fourth-order valence-electron chi connectivity index (χ4n) is 2.72. The number of nitrogens with one attached hydrogen (secondary N) is 1. The monoisotopic (exact) mass is 473 g/mol. The molecule has 0 saturated heterocycles. The highest BCUT2D eigenvalue weighted by atomic mass is 32.2. The summed E-state index contributed by atoms with van der Waals surface area (Å²) in [6, 6.07) is 14.8. The van der Waals surface area contributed by atoms with Gasteiger partial charge in [-0.15, -0.1) is 0 Å². The number of esters is 1. The van der Waals surface area contributed by atoms with E-state index in [0.717, 1.165) is 21.2 Å². The molecule has 2 aromatic carbocycles. The van der Waals surface area contributed by atoms with Gasteiger partial charge in [0, 0.05) is 12.0 Å². The number of nitrogens with zero attached hydrogens (tertiary/aromatic N) is 2. The molecule has 1 heterocycles. The molecule has 32 heavy (non-hydrogen) atoms. The van der Waals surface area contributed by atoms with Crippen LogP contribution in [0.1, 0.15) is 18.1 Å². The van der Waals surface area contributed by atoms with Gasteiger partial charge in [-0.05, 0) is 37.6 Å². The topological polar surface area (TPSA) is 106 Å². The molecule has 0 fully saturated rings. The van der Waals surface area contributed by atoms with Crippen LogP contribution in [0.15, 0.2) is 53.9 Å². The minimum atomic E-state index is -3.84. The molecule has 0 unspecified atom stereocenters. The van der Waals surface area contributed by atoms with Crippen LogP contribution in [-0.2, 0) is 24.3 Å². The first-order valence-electron chi connectivity index (χ1n) is 9.83. The zero-order chi connectivity index (χ0) is 23.1. The number of hydrogen-bond donors (Lipinski definition) is 1. The standard InChI is InChI=1S/C22H23N3O5S2/c1-3-25(22-24-18-6-4-5-7-19(18)31-22)20(26)15-30-21(27)14-23-32(28,29)13-12-17-10-8-16(2)9-11-17/h4-13,23H,3,14-15H2,1-2H3/b13-12+. The Morgan fingerprint density at radius 1 is 1.16 bits per heavy atom. The molecule has 0 radical (unpaired) electrons. The number of aryl methyl sites for hydroxylation is 1. The summed E-state index contributed by atoms with van der Waals surface area (Å²) in [6.07, 6.45) is 1.42. The summed E-state index contributed by atoms with van der Waals surface area (Å²) in [5.74, 6) is -1.30. The van der Waals surface area contributed by atoms with Crippen molar-refractivity contribution in [3.63, 3.8) is 0 Å². The van der Waals surface area contributed by atoms with E-state index < -0.39 is 35.1 Å². The average Bonchev–Trinajstić information content (AvgIpc) is 3.20. The highest BCUT2D eigenvalue weighted by Crippen LogP contribution is 2.28. The zero-order valence-electron chi connectivity index (χ0n) is 17.6. The van der Waals surface area contributed by atoms with Crippen LogP contribution in [0.3, 0.4) is 0 Å². The number of hydrogen-bond acceptors (Lipinski definition) is 7. The molecule has 0 spiro atoms. The second-order valence-corrected chi connectivity index (χ2v) is 9.50. The molecule has 168 valence electrons. The summed E-state index contributed by atoms with van der Waals surface area (Å²) in [6.45, 7) is 2.98. The number of anilines is 1. The van der Waals surface area contributed by atoms with Crippen molar-refractivity contribution in [3.05, 3.63) is 65.1 Å². The number of thiazole rings is 1. The Morgan fingerprint density at radius 3 is 2.56 bits per heavy atom. The summed E-state index contributed by atoms with van der Waals surface area (Å²) in [5, 5.41) is 1.49. The molecule has 1 amide bonds. The van der Waals surface area contributed by atoms with Gasteiger partial charge in [-0.25, -0.2) is 18.1 Å². The van der Waals surface area contributed by atoms with Crippen molar-refractivity contribution in [1.82, 2.24) is 9.71 Å². The first kappa shape index (κ1) is 23.6. The van der Waals surface area contributed by atoms with Crippen molar-refractivity contribution in [2.24, 2.45) is 0 Å². The largest absolute Gasteiger partial charge is 0.455 e. The highest BCUT2D eigenvalue weighted by molar-refractivity contribution is 7.92. The number of ether oxygens (including phenoxy) is 1. The fraction of sp³-hybridized carbons (Fsp3) is 0.227. The van der Waals surface area contributed by atoms with Gasteiger partial charge >= 0.3 is 5.97 Å². The van der Waals surface area contributed by atoms with E-state index in [1.807, 2.05) is 43.3 Å². The minimum Gasteiger partial charge on any atom is -0.455 e. The Bertz CT molecular complexity index is 1200. The van der Waals surface area contributed by atoms with Gasteiger partial charge in [-0.2, -0.15) is 0 Å². The molecule has 0 aliphatic carbocycles.